The Morgan fingerprint density at radius 3 is 2.50 bits per heavy atom. The van der Waals surface area contributed by atoms with E-state index in [2.05, 4.69) is 29.3 Å². The molecule has 1 aromatic rings. The lowest BCUT2D eigenvalue weighted by atomic mass is 10.2. The van der Waals surface area contributed by atoms with Crippen LogP contribution in [0.25, 0.3) is 0 Å². The number of hydrogen-bond acceptors (Lipinski definition) is 3. The smallest absolute Gasteiger partial charge is 0.269 e. The first-order chi connectivity index (χ1) is 9.67. The maximum absolute atomic E-state index is 11.8. The van der Waals surface area contributed by atoms with Crippen LogP contribution in [0, 0.1) is 0 Å². The number of carbonyl (C=O) groups excluding carboxylic acids is 1. The summed E-state index contributed by atoms with van der Waals surface area (Å²) in [6.07, 6.45) is 3.32. The lowest BCUT2D eigenvalue weighted by Crippen LogP contribution is -2.46. The van der Waals surface area contributed by atoms with Gasteiger partial charge in [0.15, 0.2) is 5.11 Å². The number of rotatable bonds is 6. The van der Waals surface area contributed by atoms with Crippen molar-refractivity contribution in [3.8, 4) is 5.75 Å². The van der Waals surface area contributed by atoms with E-state index in [0.29, 0.717) is 29.6 Å². The molecule has 0 saturated heterocycles. The van der Waals surface area contributed by atoms with Crippen molar-refractivity contribution in [1.29, 1.82) is 0 Å². The first kappa shape index (κ1) is 15.7. The maximum Gasteiger partial charge on any atom is 0.269 e. The van der Waals surface area contributed by atoms with E-state index in [1.165, 1.54) is 0 Å². The van der Waals surface area contributed by atoms with E-state index < -0.39 is 0 Å². The van der Waals surface area contributed by atoms with Crippen LogP contribution < -0.4 is 20.9 Å². The summed E-state index contributed by atoms with van der Waals surface area (Å²) in [5.41, 5.74) is 5.57. The van der Waals surface area contributed by atoms with Crippen molar-refractivity contribution in [3.05, 3.63) is 55.1 Å². The van der Waals surface area contributed by atoms with Crippen LogP contribution in [0.4, 0.5) is 0 Å². The molecule has 5 nitrogen and oxygen atoms in total. The molecule has 0 aliphatic rings. The van der Waals surface area contributed by atoms with Crippen molar-refractivity contribution < 1.29 is 9.53 Å². The highest BCUT2D eigenvalue weighted by Crippen LogP contribution is 2.11. The first-order valence-electron chi connectivity index (χ1n) is 5.96. The number of carbonyl (C=O) groups is 1. The molecule has 0 bridgehead atoms. The fourth-order valence-electron chi connectivity index (χ4n) is 1.25. The number of ether oxygens (including phenoxy) is 1. The lowest BCUT2D eigenvalue weighted by Gasteiger charge is -2.10. The molecular formula is C14H17N3O2S. The molecular weight excluding hydrogens is 274 g/mol. The van der Waals surface area contributed by atoms with Gasteiger partial charge >= 0.3 is 0 Å². The average molecular weight is 291 g/mol. The van der Waals surface area contributed by atoms with Crippen LogP contribution in [0.2, 0.25) is 0 Å². The van der Waals surface area contributed by atoms with Gasteiger partial charge in [0.1, 0.15) is 12.4 Å². The molecule has 0 spiro atoms. The van der Waals surface area contributed by atoms with Crippen LogP contribution in [0.5, 0.6) is 5.75 Å². The monoisotopic (exact) mass is 291 g/mol. The van der Waals surface area contributed by atoms with Crippen molar-refractivity contribution in [1.82, 2.24) is 16.2 Å². The van der Waals surface area contributed by atoms with Crippen LogP contribution in [0.3, 0.4) is 0 Å². The molecule has 3 N–H and O–H groups in total. The van der Waals surface area contributed by atoms with Crippen LogP contribution in [0.15, 0.2) is 49.6 Å². The fraction of sp³-hybridized carbons (Fsp3) is 0.143. The molecule has 0 radical (unpaired) electrons. The third-order valence-electron chi connectivity index (χ3n) is 2.18. The van der Waals surface area contributed by atoms with Gasteiger partial charge in [0.25, 0.3) is 5.91 Å². The molecule has 0 saturated carbocycles. The Bertz CT molecular complexity index is 486. The summed E-state index contributed by atoms with van der Waals surface area (Å²) >= 11 is 4.94. The topological polar surface area (TPSA) is 62.4 Å². The van der Waals surface area contributed by atoms with Crippen LogP contribution in [-0.2, 0) is 0 Å². The van der Waals surface area contributed by atoms with E-state index in [-0.39, 0.29) is 5.91 Å². The Morgan fingerprint density at radius 2 is 1.90 bits per heavy atom. The summed E-state index contributed by atoms with van der Waals surface area (Å²) < 4.78 is 5.33. The van der Waals surface area contributed by atoms with Crippen molar-refractivity contribution >= 4 is 23.2 Å². The van der Waals surface area contributed by atoms with Crippen LogP contribution >= 0.6 is 12.2 Å². The van der Waals surface area contributed by atoms with Gasteiger partial charge in [-0.15, -0.1) is 6.58 Å². The average Bonchev–Trinajstić information content (AvgIpc) is 2.49. The van der Waals surface area contributed by atoms with Crippen LogP contribution in [0.1, 0.15) is 10.4 Å². The molecule has 1 rings (SSSR count). The van der Waals surface area contributed by atoms with Crippen molar-refractivity contribution in [3.63, 3.8) is 0 Å². The highest BCUT2D eigenvalue weighted by molar-refractivity contribution is 7.80. The maximum atomic E-state index is 11.8. The first-order valence-corrected chi connectivity index (χ1v) is 6.37. The Morgan fingerprint density at radius 1 is 1.20 bits per heavy atom. The molecule has 1 amide bonds. The molecule has 0 atom stereocenters. The lowest BCUT2D eigenvalue weighted by molar-refractivity contribution is 0.0943. The van der Waals surface area contributed by atoms with Gasteiger partial charge < -0.3 is 10.1 Å². The zero-order valence-electron chi connectivity index (χ0n) is 11.0. The number of amides is 1. The Hall–Kier alpha value is -2.34. The van der Waals surface area contributed by atoms with E-state index >= 15 is 0 Å². The molecule has 0 fully saturated rings. The second-order valence-corrected chi connectivity index (χ2v) is 4.11. The van der Waals surface area contributed by atoms with E-state index in [1.807, 2.05) is 0 Å². The molecule has 0 aliphatic heterocycles. The van der Waals surface area contributed by atoms with E-state index in [9.17, 15) is 4.79 Å². The number of nitrogens with one attached hydrogen (secondary N) is 3. The van der Waals surface area contributed by atoms with Crippen molar-refractivity contribution in [2.75, 3.05) is 13.2 Å². The molecule has 6 heteroatoms. The van der Waals surface area contributed by atoms with E-state index in [0.717, 1.165) is 0 Å². The minimum atomic E-state index is -0.289. The summed E-state index contributed by atoms with van der Waals surface area (Å²) in [5.74, 6) is 0.389. The third kappa shape index (κ3) is 5.53. The molecule has 106 valence electrons. The summed E-state index contributed by atoms with van der Waals surface area (Å²) in [6.45, 7) is 8.06. The highest BCUT2D eigenvalue weighted by atomic mass is 32.1. The standard InChI is InChI=1S/C14H17N3O2S/c1-3-9-15-14(20)17-16-13(18)11-5-7-12(8-6-11)19-10-4-2/h3-8H,1-2,9-10H2,(H,16,18)(H2,15,17,20). The predicted octanol–water partition coefficient (Wildman–Crippen LogP) is 1.55. The second kappa shape index (κ2) is 8.71. The quantitative estimate of drug-likeness (QED) is 0.422. The zero-order chi connectivity index (χ0) is 14.8. The molecule has 20 heavy (non-hydrogen) atoms. The van der Waals surface area contributed by atoms with Gasteiger partial charge in [-0.1, -0.05) is 18.7 Å². The van der Waals surface area contributed by atoms with Gasteiger partial charge in [0.05, 0.1) is 0 Å². The predicted molar refractivity (Wildman–Crippen MR) is 83.5 cm³/mol. The van der Waals surface area contributed by atoms with Gasteiger partial charge in [-0.3, -0.25) is 15.6 Å². The largest absolute Gasteiger partial charge is 0.490 e. The third-order valence-corrected chi connectivity index (χ3v) is 2.43. The van der Waals surface area contributed by atoms with Gasteiger partial charge in [-0.05, 0) is 36.5 Å². The molecule has 0 aliphatic carbocycles. The molecule has 0 unspecified atom stereocenters. The highest BCUT2D eigenvalue weighted by Gasteiger charge is 2.05. The Balaban J connectivity index is 2.45. The Kier molecular flexibility index (Phi) is 6.84. The van der Waals surface area contributed by atoms with E-state index in [1.54, 1.807) is 36.4 Å². The summed E-state index contributed by atoms with van der Waals surface area (Å²) in [5, 5.41) is 3.15. The van der Waals surface area contributed by atoms with Crippen molar-refractivity contribution in [2.45, 2.75) is 0 Å². The Labute approximate surface area is 123 Å². The summed E-state index contributed by atoms with van der Waals surface area (Å²) in [4.78, 5) is 11.8. The van der Waals surface area contributed by atoms with Gasteiger partial charge in [-0.2, -0.15) is 0 Å². The summed E-state index contributed by atoms with van der Waals surface area (Å²) in [6, 6.07) is 6.75. The molecule has 1 aromatic carbocycles. The number of thiocarbonyl (C=S) groups is 1. The molecule has 0 heterocycles. The number of hydrogen-bond donors (Lipinski definition) is 3. The summed E-state index contributed by atoms with van der Waals surface area (Å²) in [7, 11) is 0. The minimum absolute atomic E-state index is 0.289. The van der Waals surface area contributed by atoms with E-state index in [4.69, 9.17) is 17.0 Å². The number of benzene rings is 1. The van der Waals surface area contributed by atoms with Gasteiger partial charge in [-0.25, -0.2) is 0 Å². The SMILES string of the molecule is C=CCNC(=S)NNC(=O)c1ccc(OCC=C)cc1. The second-order valence-electron chi connectivity index (χ2n) is 3.70. The zero-order valence-corrected chi connectivity index (χ0v) is 11.8. The van der Waals surface area contributed by atoms with Gasteiger partial charge in [0.2, 0.25) is 0 Å². The molecule has 0 aromatic heterocycles. The van der Waals surface area contributed by atoms with Gasteiger partial charge in [0, 0.05) is 12.1 Å². The normalized spacial score (nSPS) is 9.20. The minimum Gasteiger partial charge on any atom is -0.490 e. The fourth-order valence-corrected chi connectivity index (χ4v) is 1.39. The number of hydrazine groups is 1. The van der Waals surface area contributed by atoms with Crippen LogP contribution in [-0.4, -0.2) is 24.2 Å². The van der Waals surface area contributed by atoms with Crippen molar-refractivity contribution in [2.24, 2.45) is 0 Å².